The number of rotatable bonds is 3. The first-order valence-corrected chi connectivity index (χ1v) is 9.51. The summed E-state index contributed by atoms with van der Waals surface area (Å²) in [6.07, 6.45) is 5.34. The Morgan fingerprint density at radius 2 is 1.81 bits per heavy atom. The summed E-state index contributed by atoms with van der Waals surface area (Å²) in [7, 11) is 0. The summed E-state index contributed by atoms with van der Waals surface area (Å²) >= 11 is 0. The zero-order valence-electron chi connectivity index (χ0n) is 15.4. The zero-order chi connectivity index (χ0) is 18.6. The largest absolute Gasteiger partial charge is 0.383 e. The summed E-state index contributed by atoms with van der Waals surface area (Å²) in [4.78, 5) is 13.5. The number of hydrogen-bond acceptors (Lipinski definition) is 7. The second kappa shape index (κ2) is 7.80. The quantitative estimate of drug-likeness (QED) is 0.894. The van der Waals surface area contributed by atoms with Crippen molar-refractivity contribution in [3.63, 3.8) is 0 Å². The molecule has 4 rings (SSSR count). The third-order valence-electron chi connectivity index (χ3n) is 5.21. The van der Waals surface area contributed by atoms with Gasteiger partial charge in [0, 0.05) is 37.9 Å². The van der Waals surface area contributed by atoms with Crippen LogP contribution in [-0.4, -0.2) is 49.4 Å². The van der Waals surface area contributed by atoms with Gasteiger partial charge in [-0.3, -0.25) is 0 Å². The molecular formula is C20H24N6O. The fraction of sp³-hybridized carbons (Fsp3) is 0.450. The summed E-state index contributed by atoms with van der Waals surface area (Å²) in [5, 5.41) is 9.55. The van der Waals surface area contributed by atoms with Gasteiger partial charge in [-0.2, -0.15) is 5.26 Å². The molecule has 2 aromatic heterocycles. The fourth-order valence-corrected chi connectivity index (χ4v) is 3.71. The highest BCUT2D eigenvalue weighted by Gasteiger charge is 2.19. The van der Waals surface area contributed by atoms with Crippen molar-refractivity contribution in [2.45, 2.75) is 19.3 Å². The highest BCUT2D eigenvalue weighted by atomic mass is 16.5. The van der Waals surface area contributed by atoms with Crippen LogP contribution in [0.15, 0.2) is 24.4 Å². The van der Waals surface area contributed by atoms with Crippen molar-refractivity contribution >= 4 is 17.3 Å². The number of nitrogens with two attached hydrogens (primary N) is 1. The number of hydrogen-bond donors (Lipinski definition) is 1. The van der Waals surface area contributed by atoms with Gasteiger partial charge in [0.1, 0.15) is 23.3 Å². The lowest BCUT2D eigenvalue weighted by Crippen LogP contribution is -2.36. The lowest BCUT2D eigenvalue weighted by Gasteiger charge is -2.30. The molecule has 4 heterocycles. The number of ether oxygens (including phenoxy) is 1. The molecule has 0 bridgehead atoms. The highest BCUT2D eigenvalue weighted by molar-refractivity contribution is 5.75. The average molecular weight is 364 g/mol. The van der Waals surface area contributed by atoms with Crippen LogP contribution in [0, 0.1) is 11.3 Å². The standard InChI is InChI=1S/C20H24N6O/c21-13-16-18(25-6-2-1-3-7-25)12-17(24-20(16)22)15-4-5-19(23-14-15)26-8-10-27-11-9-26/h4-5,12,14H,1-3,6-11H2,(H2,22,24). The van der Waals surface area contributed by atoms with Crippen LogP contribution < -0.4 is 15.5 Å². The summed E-state index contributed by atoms with van der Waals surface area (Å²) in [6.45, 7) is 5.07. The van der Waals surface area contributed by atoms with Gasteiger partial charge in [-0.1, -0.05) is 0 Å². The van der Waals surface area contributed by atoms with E-state index in [-0.39, 0.29) is 5.82 Å². The van der Waals surface area contributed by atoms with Crippen molar-refractivity contribution in [1.82, 2.24) is 9.97 Å². The SMILES string of the molecule is N#Cc1c(N2CCCCC2)cc(-c2ccc(N3CCOCC3)nc2)nc1N. The topological polar surface area (TPSA) is 91.3 Å². The van der Waals surface area contributed by atoms with Crippen molar-refractivity contribution < 1.29 is 4.74 Å². The molecule has 7 heteroatoms. The third-order valence-corrected chi connectivity index (χ3v) is 5.21. The molecule has 0 radical (unpaired) electrons. The molecule has 2 saturated heterocycles. The molecule has 2 aliphatic heterocycles. The van der Waals surface area contributed by atoms with Crippen molar-refractivity contribution in [3.05, 3.63) is 30.0 Å². The molecule has 0 aliphatic carbocycles. The van der Waals surface area contributed by atoms with E-state index in [1.165, 1.54) is 6.42 Å². The second-order valence-electron chi connectivity index (χ2n) is 6.95. The van der Waals surface area contributed by atoms with Gasteiger partial charge >= 0.3 is 0 Å². The van der Waals surface area contributed by atoms with Crippen molar-refractivity contribution in [3.8, 4) is 17.3 Å². The summed E-state index contributed by atoms with van der Waals surface area (Å²) in [5.74, 6) is 1.23. The van der Waals surface area contributed by atoms with Crippen LogP contribution in [0.3, 0.4) is 0 Å². The minimum atomic E-state index is 0.285. The predicted octanol–water partition coefficient (Wildman–Crippen LogP) is 2.42. The first-order chi connectivity index (χ1) is 13.3. The fourth-order valence-electron chi connectivity index (χ4n) is 3.71. The number of nitrogens with zero attached hydrogens (tertiary/aromatic N) is 5. The molecule has 27 heavy (non-hydrogen) atoms. The molecule has 2 aromatic rings. The maximum atomic E-state index is 9.55. The van der Waals surface area contributed by atoms with E-state index in [4.69, 9.17) is 10.5 Å². The van der Waals surface area contributed by atoms with Crippen molar-refractivity contribution in [1.29, 1.82) is 5.26 Å². The maximum Gasteiger partial charge on any atom is 0.144 e. The number of pyridine rings is 2. The Kier molecular flexibility index (Phi) is 5.07. The summed E-state index contributed by atoms with van der Waals surface area (Å²) in [5.41, 5.74) is 9.14. The monoisotopic (exact) mass is 364 g/mol. The number of anilines is 3. The summed E-state index contributed by atoms with van der Waals surface area (Å²) in [6, 6.07) is 8.24. The van der Waals surface area contributed by atoms with Crippen LogP contribution in [0.2, 0.25) is 0 Å². The van der Waals surface area contributed by atoms with Crippen LogP contribution in [0.1, 0.15) is 24.8 Å². The first-order valence-electron chi connectivity index (χ1n) is 9.51. The van der Waals surface area contributed by atoms with Crippen LogP contribution in [0.4, 0.5) is 17.3 Å². The Balaban J connectivity index is 1.65. The van der Waals surface area contributed by atoms with E-state index >= 15 is 0 Å². The minimum Gasteiger partial charge on any atom is -0.383 e. The number of nitrogen functional groups attached to an aromatic ring is 1. The van der Waals surface area contributed by atoms with Gasteiger partial charge in [-0.25, -0.2) is 9.97 Å². The third kappa shape index (κ3) is 3.67. The molecule has 2 N–H and O–H groups in total. The van der Waals surface area contributed by atoms with E-state index in [1.54, 1.807) is 0 Å². The molecule has 2 fully saturated rings. The predicted molar refractivity (Wildman–Crippen MR) is 106 cm³/mol. The van der Waals surface area contributed by atoms with Crippen LogP contribution in [0.25, 0.3) is 11.3 Å². The molecule has 0 aromatic carbocycles. The Morgan fingerprint density at radius 3 is 2.48 bits per heavy atom. The van der Waals surface area contributed by atoms with Gasteiger partial charge in [0.2, 0.25) is 0 Å². The molecule has 2 aliphatic rings. The Hall–Kier alpha value is -2.85. The van der Waals surface area contributed by atoms with Gasteiger partial charge in [-0.05, 0) is 37.5 Å². The van der Waals surface area contributed by atoms with E-state index in [2.05, 4.69) is 25.8 Å². The molecule has 0 atom stereocenters. The number of piperidine rings is 1. The van der Waals surface area contributed by atoms with Crippen LogP contribution in [-0.2, 0) is 4.74 Å². The minimum absolute atomic E-state index is 0.285. The molecule has 0 saturated carbocycles. The normalized spacial score (nSPS) is 17.6. The van der Waals surface area contributed by atoms with Crippen LogP contribution in [0.5, 0.6) is 0 Å². The molecule has 0 spiro atoms. The zero-order valence-corrected chi connectivity index (χ0v) is 15.4. The van der Waals surface area contributed by atoms with Gasteiger partial charge in [-0.15, -0.1) is 0 Å². The number of morpholine rings is 1. The van der Waals surface area contributed by atoms with Crippen molar-refractivity contribution in [2.24, 2.45) is 0 Å². The maximum absolute atomic E-state index is 9.55. The van der Waals surface area contributed by atoms with Gasteiger partial charge in [0.25, 0.3) is 0 Å². The van der Waals surface area contributed by atoms with E-state index in [0.717, 1.165) is 75.0 Å². The average Bonchev–Trinajstić information content (AvgIpc) is 2.74. The molecule has 0 amide bonds. The second-order valence-corrected chi connectivity index (χ2v) is 6.95. The molecule has 7 nitrogen and oxygen atoms in total. The summed E-state index contributed by atoms with van der Waals surface area (Å²) < 4.78 is 5.40. The van der Waals surface area contributed by atoms with Crippen LogP contribution >= 0.6 is 0 Å². The lowest BCUT2D eigenvalue weighted by molar-refractivity contribution is 0.122. The number of aromatic nitrogens is 2. The van der Waals surface area contributed by atoms with Gasteiger partial charge < -0.3 is 20.3 Å². The molecule has 0 unspecified atom stereocenters. The lowest BCUT2D eigenvalue weighted by atomic mass is 10.1. The van der Waals surface area contributed by atoms with E-state index in [9.17, 15) is 5.26 Å². The Morgan fingerprint density at radius 1 is 1.04 bits per heavy atom. The molecular weight excluding hydrogens is 340 g/mol. The van der Waals surface area contributed by atoms with Crippen molar-refractivity contribution in [2.75, 3.05) is 54.9 Å². The molecule has 140 valence electrons. The Labute approximate surface area is 159 Å². The highest BCUT2D eigenvalue weighted by Crippen LogP contribution is 2.31. The Bertz CT molecular complexity index is 833. The number of nitriles is 1. The van der Waals surface area contributed by atoms with E-state index in [1.807, 2.05) is 24.4 Å². The van der Waals surface area contributed by atoms with Gasteiger partial charge in [0.15, 0.2) is 0 Å². The van der Waals surface area contributed by atoms with E-state index in [0.29, 0.717) is 5.56 Å². The van der Waals surface area contributed by atoms with Gasteiger partial charge in [0.05, 0.1) is 24.6 Å². The first kappa shape index (κ1) is 17.6. The smallest absolute Gasteiger partial charge is 0.144 e. The van der Waals surface area contributed by atoms with E-state index < -0.39 is 0 Å².